The summed E-state index contributed by atoms with van der Waals surface area (Å²) in [4.78, 5) is 20.3. The number of fused-ring (bicyclic) bond motifs is 1. The van der Waals surface area contributed by atoms with Crippen LogP contribution in [0, 0.1) is 5.92 Å². The van der Waals surface area contributed by atoms with Gasteiger partial charge in [-0.1, -0.05) is 13.0 Å². The number of anilines is 1. The molecule has 1 amide bonds. The Bertz CT molecular complexity index is 828. The molecule has 2 aromatic rings. The molecule has 0 aliphatic carbocycles. The molecular weight excluding hydrogens is 318 g/mol. The van der Waals surface area contributed by atoms with Crippen molar-refractivity contribution < 1.29 is 9.53 Å². The van der Waals surface area contributed by atoms with E-state index in [1.165, 1.54) is 5.57 Å². The van der Waals surface area contributed by atoms with E-state index in [9.17, 15) is 4.79 Å². The third-order valence-corrected chi connectivity index (χ3v) is 5.11. The van der Waals surface area contributed by atoms with Gasteiger partial charge < -0.3 is 15.0 Å². The van der Waals surface area contributed by atoms with E-state index >= 15 is 0 Å². The molecule has 1 saturated heterocycles. The van der Waals surface area contributed by atoms with E-state index in [1.807, 2.05) is 6.07 Å². The molecule has 7 nitrogen and oxygen atoms in total. The van der Waals surface area contributed by atoms with Crippen LogP contribution in [0.25, 0.3) is 16.6 Å². The van der Waals surface area contributed by atoms with Crippen LogP contribution in [0.1, 0.15) is 26.0 Å². The van der Waals surface area contributed by atoms with Crippen molar-refractivity contribution in [1.82, 2.24) is 20.8 Å². The number of hydrogen-bond acceptors (Lipinski definition) is 5. The van der Waals surface area contributed by atoms with Crippen molar-refractivity contribution in [3.63, 3.8) is 0 Å². The van der Waals surface area contributed by atoms with Gasteiger partial charge in [0.15, 0.2) is 0 Å². The van der Waals surface area contributed by atoms with Crippen LogP contribution in [-0.4, -0.2) is 41.2 Å². The normalized spacial score (nSPS) is 26.6. The van der Waals surface area contributed by atoms with Gasteiger partial charge in [-0.15, -0.1) is 0 Å². The van der Waals surface area contributed by atoms with Crippen LogP contribution in [0.3, 0.4) is 0 Å². The van der Waals surface area contributed by atoms with Crippen LogP contribution in [-0.2, 0) is 9.53 Å². The van der Waals surface area contributed by atoms with Crippen LogP contribution >= 0.6 is 0 Å². The number of carbonyl (C=O) groups is 1. The quantitative estimate of drug-likeness (QED) is 0.683. The molecule has 7 heteroatoms. The first-order valence-corrected chi connectivity index (χ1v) is 8.69. The third kappa shape index (κ3) is 3.18. The molecule has 3 atom stereocenters. The lowest BCUT2D eigenvalue weighted by Gasteiger charge is -2.15. The van der Waals surface area contributed by atoms with E-state index in [0.29, 0.717) is 12.3 Å². The van der Waals surface area contributed by atoms with Crippen LogP contribution in [0.2, 0.25) is 0 Å². The zero-order chi connectivity index (χ0) is 17.4. The molecule has 0 saturated carbocycles. The summed E-state index contributed by atoms with van der Waals surface area (Å²) >= 11 is 0. The van der Waals surface area contributed by atoms with E-state index in [1.54, 1.807) is 6.20 Å². The maximum absolute atomic E-state index is 12.5. The predicted molar refractivity (Wildman–Crippen MR) is 96.8 cm³/mol. The number of carbonyl (C=O) groups excluding carboxylic acids is 1. The minimum Gasteiger partial charge on any atom is -0.377 e. The van der Waals surface area contributed by atoms with E-state index in [-0.39, 0.29) is 23.9 Å². The van der Waals surface area contributed by atoms with E-state index in [4.69, 9.17) is 4.74 Å². The standard InChI is InChI=1S/C18H23N5O2/c1-10-11(2)22-23-16(10)18(24)20-14-7-13-8-15(21-17(13)19-9-14)12-3-5-25-6-4-12/h3,7-11,16,22-23H,4-6H2,1-2H3,(H,19,21)(H,20,24). The lowest BCUT2D eigenvalue weighted by molar-refractivity contribution is -0.118. The Morgan fingerprint density at radius 2 is 2.20 bits per heavy atom. The molecule has 2 aliphatic heterocycles. The SMILES string of the molecule is CC1NNC(C(=O)Nc2cnc3[nH]c(C4=CCOCC4)cc3c2)C1C. The molecule has 2 aromatic heterocycles. The van der Waals surface area contributed by atoms with Gasteiger partial charge in [0, 0.05) is 17.1 Å². The highest BCUT2D eigenvalue weighted by Crippen LogP contribution is 2.25. The van der Waals surface area contributed by atoms with Gasteiger partial charge in [-0.2, -0.15) is 0 Å². The summed E-state index contributed by atoms with van der Waals surface area (Å²) in [6, 6.07) is 4.04. The monoisotopic (exact) mass is 341 g/mol. The van der Waals surface area contributed by atoms with E-state index < -0.39 is 0 Å². The van der Waals surface area contributed by atoms with Gasteiger partial charge in [-0.25, -0.2) is 10.4 Å². The summed E-state index contributed by atoms with van der Waals surface area (Å²) in [6.45, 7) is 5.52. The Hall–Kier alpha value is -2.22. The molecule has 4 N–H and O–H groups in total. The van der Waals surface area contributed by atoms with Gasteiger partial charge in [0.1, 0.15) is 11.7 Å². The zero-order valence-corrected chi connectivity index (χ0v) is 14.4. The van der Waals surface area contributed by atoms with Crippen molar-refractivity contribution in [2.75, 3.05) is 18.5 Å². The van der Waals surface area contributed by atoms with Crippen molar-refractivity contribution in [2.45, 2.75) is 32.4 Å². The Balaban J connectivity index is 1.53. The average molecular weight is 341 g/mol. The number of hydrogen-bond donors (Lipinski definition) is 4. The van der Waals surface area contributed by atoms with E-state index in [2.05, 4.69) is 52.1 Å². The summed E-state index contributed by atoms with van der Waals surface area (Å²) < 4.78 is 5.36. The summed E-state index contributed by atoms with van der Waals surface area (Å²) in [7, 11) is 0. The smallest absolute Gasteiger partial charge is 0.243 e. The predicted octanol–water partition coefficient (Wildman–Crippen LogP) is 1.81. The second-order valence-corrected chi connectivity index (χ2v) is 6.80. The molecule has 0 radical (unpaired) electrons. The van der Waals surface area contributed by atoms with Gasteiger partial charge >= 0.3 is 0 Å². The Labute approximate surface area is 146 Å². The number of aromatic nitrogens is 2. The van der Waals surface area contributed by atoms with Gasteiger partial charge in [0.2, 0.25) is 5.91 Å². The van der Waals surface area contributed by atoms with Crippen LogP contribution in [0.5, 0.6) is 0 Å². The Kier molecular flexibility index (Phi) is 4.29. The molecule has 0 bridgehead atoms. The highest BCUT2D eigenvalue weighted by molar-refractivity contribution is 5.97. The Morgan fingerprint density at radius 3 is 2.92 bits per heavy atom. The van der Waals surface area contributed by atoms with Crippen molar-refractivity contribution in [2.24, 2.45) is 5.92 Å². The molecule has 0 spiro atoms. The topological polar surface area (TPSA) is 91.1 Å². The first-order chi connectivity index (χ1) is 12.1. The number of hydrazine groups is 1. The van der Waals surface area contributed by atoms with Crippen LogP contribution in [0.4, 0.5) is 5.69 Å². The highest BCUT2D eigenvalue weighted by Gasteiger charge is 2.34. The number of rotatable bonds is 3. The summed E-state index contributed by atoms with van der Waals surface area (Å²) in [6.07, 6.45) is 4.68. The first-order valence-electron chi connectivity index (χ1n) is 8.69. The number of H-pyrrole nitrogens is 1. The van der Waals surface area contributed by atoms with Crippen LogP contribution in [0.15, 0.2) is 24.4 Å². The minimum absolute atomic E-state index is 0.0478. The number of amides is 1. The number of aromatic amines is 1. The fraction of sp³-hybridized carbons (Fsp3) is 0.444. The second kappa shape index (κ2) is 6.59. The molecule has 0 aromatic carbocycles. The van der Waals surface area contributed by atoms with Gasteiger partial charge in [-0.05, 0) is 37.0 Å². The molecular formula is C18H23N5O2. The third-order valence-electron chi connectivity index (χ3n) is 5.11. The number of ether oxygens (including phenoxy) is 1. The number of pyridine rings is 1. The summed E-state index contributed by atoms with van der Waals surface area (Å²) in [5.41, 5.74) is 10.0. The second-order valence-electron chi connectivity index (χ2n) is 6.80. The molecule has 25 heavy (non-hydrogen) atoms. The first kappa shape index (κ1) is 16.3. The maximum Gasteiger partial charge on any atom is 0.243 e. The highest BCUT2D eigenvalue weighted by atomic mass is 16.5. The average Bonchev–Trinajstić information content (AvgIpc) is 3.19. The van der Waals surface area contributed by atoms with Crippen molar-refractivity contribution in [3.05, 3.63) is 30.1 Å². The Morgan fingerprint density at radius 1 is 1.32 bits per heavy atom. The molecule has 132 valence electrons. The fourth-order valence-electron chi connectivity index (χ4n) is 3.33. The van der Waals surface area contributed by atoms with E-state index in [0.717, 1.165) is 29.8 Å². The summed E-state index contributed by atoms with van der Waals surface area (Å²) in [5, 5.41) is 3.95. The van der Waals surface area contributed by atoms with Crippen molar-refractivity contribution in [1.29, 1.82) is 0 Å². The zero-order valence-electron chi connectivity index (χ0n) is 14.4. The molecule has 4 heterocycles. The largest absolute Gasteiger partial charge is 0.377 e. The number of nitrogens with zero attached hydrogens (tertiary/aromatic N) is 1. The van der Waals surface area contributed by atoms with Crippen LogP contribution < -0.4 is 16.2 Å². The van der Waals surface area contributed by atoms with Crippen molar-refractivity contribution >= 4 is 28.2 Å². The molecule has 2 aliphatic rings. The number of nitrogens with one attached hydrogen (secondary N) is 4. The fourth-order valence-corrected chi connectivity index (χ4v) is 3.33. The van der Waals surface area contributed by atoms with Gasteiger partial charge in [0.25, 0.3) is 0 Å². The van der Waals surface area contributed by atoms with Gasteiger partial charge in [0.05, 0.1) is 25.1 Å². The minimum atomic E-state index is -0.250. The molecule has 4 rings (SSSR count). The lowest BCUT2D eigenvalue weighted by Crippen LogP contribution is -2.41. The van der Waals surface area contributed by atoms with Crippen molar-refractivity contribution in [3.8, 4) is 0 Å². The van der Waals surface area contributed by atoms with Gasteiger partial charge in [-0.3, -0.25) is 10.2 Å². The summed E-state index contributed by atoms with van der Waals surface area (Å²) in [5.74, 6) is 0.171. The molecule has 1 fully saturated rings. The molecule has 3 unspecified atom stereocenters. The maximum atomic E-state index is 12.5. The lowest BCUT2D eigenvalue weighted by atomic mass is 9.97.